The predicted octanol–water partition coefficient (Wildman–Crippen LogP) is 2.41. The second-order valence-corrected chi connectivity index (χ2v) is 13.0. The smallest absolute Gasteiger partial charge is 0.407 e. The number of allylic oxidation sites excluding steroid dienone is 4. The zero-order valence-corrected chi connectivity index (χ0v) is 23.0. The number of amides is 1. The van der Waals surface area contributed by atoms with Gasteiger partial charge >= 0.3 is 6.09 Å². The minimum absolute atomic E-state index is 0.0106. The Bertz CT molecular complexity index is 1090. The standard InChI is InChI=1S/C29H41NO8/c1-26(2,3)38-25(36)30-13-10-20(32)23(34)24(35)29(37)12-9-19-18-7-6-16-14-17(31)8-11-27(16,4)22(18)21(33)15-28(19,29)5/h8,11,14,18-19,21-23,33-34,37H,6-7,9-10,12-13,15H2,1-5H3,(H,30,36)/t18-,19-,21?,22+,23?,27-,28-,29-/m0/s1. The fourth-order valence-corrected chi connectivity index (χ4v) is 7.85. The van der Waals surface area contributed by atoms with Crippen molar-refractivity contribution in [3.05, 3.63) is 23.8 Å². The molecule has 0 radical (unpaired) electrons. The largest absolute Gasteiger partial charge is 0.444 e. The summed E-state index contributed by atoms with van der Waals surface area (Å²) >= 11 is 0. The van der Waals surface area contributed by atoms with Gasteiger partial charge in [-0.2, -0.15) is 0 Å². The number of hydrogen-bond acceptors (Lipinski definition) is 8. The van der Waals surface area contributed by atoms with Crippen molar-refractivity contribution in [2.75, 3.05) is 6.54 Å². The molecule has 9 heteroatoms. The molecule has 0 heterocycles. The van der Waals surface area contributed by atoms with E-state index >= 15 is 0 Å². The van der Waals surface area contributed by atoms with E-state index in [9.17, 15) is 34.5 Å². The summed E-state index contributed by atoms with van der Waals surface area (Å²) in [6, 6.07) is 0. The number of ether oxygens (including phenoxy) is 1. The van der Waals surface area contributed by atoms with Crippen LogP contribution in [0.2, 0.25) is 0 Å². The number of rotatable bonds is 6. The van der Waals surface area contributed by atoms with Gasteiger partial charge in [-0.25, -0.2) is 4.79 Å². The van der Waals surface area contributed by atoms with Crippen LogP contribution in [0, 0.1) is 28.6 Å². The van der Waals surface area contributed by atoms with E-state index < -0.39 is 51.9 Å². The summed E-state index contributed by atoms with van der Waals surface area (Å²) in [5.74, 6) is -2.03. The Morgan fingerprint density at radius 2 is 1.89 bits per heavy atom. The second-order valence-electron chi connectivity index (χ2n) is 13.0. The van der Waals surface area contributed by atoms with Crippen LogP contribution < -0.4 is 5.32 Å². The molecule has 2 unspecified atom stereocenters. The highest BCUT2D eigenvalue weighted by Crippen LogP contribution is 2.67. The van der Waals surface area contributed by atoms with E-state index in [0.29, 0.717) is 12.8 Å². The van der Waals surface area contributed by atoms with Crippen molar-refractivity contribution in [1.29, 1.82) is 0 Å². The van der Waals surface area contributed by atoms with Crippen LogP contribution in [0.15, 0.2) is 23.8 Å². The van der Waals surface area contributed by atoms with E-state index in [0.717, 1.165) is 12.0 Å². The van der Waals surface area contributed by atoms with Crippen molar-refractivity contribution in [2.24, 2.45) is 28.6 Å². The predicted molar refractivity (Wildman–Crippen MR) is 138 cm³/mol. The lowest BCUT2D eigenvalue weighted by atomic mass is 9.46. The van der Waals surface area contributed by atoms with Crippen LogP contribution in [0.5, 0.6) is 0 Å². The first-order valence-corrected chi connectivity index (χ1v) is 13.6. The van der Waals surface area contributed by atoms with Gasteiger partial charge in [-0.3, -0.25) is 14.4 Å². The van der Waals surface area contributed by atoms with Gasteiger partial charge in [0.05, 0.1) is 6.10 Å². The van der Waals surface area contributed by atoms with Crippen LogP contribution in [0.4, 0.5) is 4.79 Å². The lowest BCUT2D eigenvalue weighted by molar-refractivity contribution is -0.183. The van der Waals surface area contributed by atoms with Gasteiger partial charge in [-0.15, -0.1) is 0 Å². The number of fused-ring (bicyclic) bond motifs is 5. The van der Waals surface area contributed by atoms with E-state index in [1.165, 1.54) is 0 Å². The van der Waals surface area contributed by atoms with Crippen molar-refractivity contribution in [1.82, 2.24) is 5.32 Å². The highest BCUT2D eigenvalue weighted by atomic mass is 16.6. The van der Waals surface area contributed by atoms with Crippen LogP contribution in [0.3, 0.4) is 0 Å². The SMILES string of the molecule is CC(C)(C)OC(=O)NCCC(=O)C(O)C(=O)[C@@]1(O)CC[C@H]2[C@@H]3CCC4=CC(=O)C=C[C@]4(C)[C@H]3C(O)C[C@@]21C. The quantitative estimate of drug-likeness (QED) is 0.382. The summed E-state index contributed by atoms with van der Waals surface area (Å²) in [5, 5.41) is 36.3. The van der Waals surface area contributed by atoms with Crippen molar-refractivity contribution in [3.63, 3.8) is 0 Å². The third-order valence-corrected chi connectivity index (χ3v) is 9.65. The molecular formula is C29H41NO8. The van der Waals surface area contributed by atoms with Gasteiger partial charge in [0.15, 0.2) is 17.7 Å². The number of ketones is 3. The highest BCUT2D eigenvalue weighted by molar-refractivity contribution is 6.09. The van der Waals surface area contributed by atoms with E-state index in [2.05, 4.69) is 5.32 Å². The van der Waals surface area contributed by atoms with Crippen LogP contribution in [0.25, 0.3) is 0 Å². The topological polar surface area (TPSA) is 150 Å². The minimum atomic E-state index is -2.03. The Hall–Kier alpha value is -2.36. The third-order valence-electron chi connectivity index (χ3n) is 9.65. The summed E-state index contributed by atoms with van der Waals surface area (Å²) in [7, 11) is 0. The number of Topliss-reactive ketones (excluding diaryl/α,β-unsaturated/α-hetero) is 2. The fraction of sp³-hybridized carbons (Fsp3) is 0.724. The average molecular weight is 532 g/mol. The van der Waals surface area contributed by atoms with Crippen LogP contribution >= 0.6 is 0 Å². The van der Waals surface area contributed by atoms with E-state index in [1.54, 1.807) is 39.8 Å². The Morgan fingerprint density at radius 3 is 2.55 bits per heavy atom. The number of carbonyl (C=O) groups is 4. The third kappa shape index (κ3) is 4.67. The maximum absolute atomic E-state index is 13.5. The summed E-state index contributed by atoms with van der Waals surface area (Å²) in [6.45, 7) is 8.83. The van der Waals surface area contributed by atoms with Crippen molar-refractivity contribution in [2.45, 2.75) is 96.6 Å². The first-order chi connectivity index (χ1) is 17.5. The zero-order chi connectivity index (χ0) is 28.3. The summed E-state index contributed by atoms with van der Waals surface area (Å²) < 4.78 is 5.12. The summed E-state index contributed by atoms with van der Waals surface area (Å²) in [4.78, 5) is 50.0. The van der Waals surface area contributed by atoms with Crippen molar-refractivity contribution >= 4 is 23.4 Å². The highest BCUT2D eigenvalue weighted by Gasteiger charge is 2.69. The molecule has 0 bridgehead atoms. The summed E-state index contributed by atoms with van der Waals surface area (Å²) in [5.41, 5.74) is -3.15. The Kier molecular flexibility index (Phi) is 7.30. The summed E-state index contributed by atoms with van der Waals surface area (Å²) in [6.07, 6.45) is 3.45. The molecule has 4 aliphatic rings. The number of hydrogen-bond donors (Lipinski definition) is 4. The maximum Gasteiger partial charge on any atom is 0.407 e. The molecule has 4 rings (SSSR count). The molecule has 4 aliphatic carbocycles. The molecule has 9 nitrogen and oxygen atoms in total. The van der Waals surface area contributed by atoms with Crippen LogP contribution in [0.1, 0.15) is 73.1 Å². The molecule has 1 amide bonds. The van der Waals surface area contributed by atoms with Gasteiger partial charge in [0.1, 0.15) is 11.2 Å². The molecule has 4 N–H and O–H groups in total. The molecule has 210 valence electrons. The molecule has 3 fully saturated rings. The Balaban J connectivity index is 1.47. The Labute approximate surface area is 223 Å². The molecule has 8 atom stereocenters. The lowest BCUT2D eigenvalue weighted by Crippen LogP contribution is -2.63. The van der Waals surface area contributed by atoms with Gasteiger partial charge in [-0.05, 0) is 76.9 Å². The molecule has 3 saturated carbocycles. The second kappa shape index (κ2) is 9.68. The van der Waals surface area contributed by atoms with Gasteiger partial charge in [0.2, 0.25) is 5.78 Å². The normalized spacial score (nSPS) is 38.8. The van der Waals surface area contributed by atoms with Gasteiger partial charge < -0.3 is 25.4 Å². The van der Waals surface area contributed by atoms with E-state index in [4.69, 9.17) is 4.74 Å². The molecule has 0 saturated heterocycles. The number of nitrogens with one attached hydrogen (secondary N) is 1. The minimum Gasteiger partial charge on any atom is -0.444 e. The lowest BCUT2D eigenvalue weighted by Gasteiger charge is -2.59. The van der Waals surface area contributed by atoms with E-state index in [-0.39, 0.29) is 49.3 Å². The number of aliphatic hydroxyl groups is 3. The van der Waals surface area contributed by atoms with Crippen molar-refractivity contribution < 1.29 is 39.2 Å². The first-order valence-electron chi connectivity index (χ1n) is 13.6. The number of carbonyl (C=O) groups excluding carboxylic acids is 4. The fourth-order valence-electron chi connectivity index (χ4n) is 7.85. The molecule has 0 aromatic carbocycles. The average Bonchev–Trinajstić information content (AvgIpc) is 3.08. The number of aliphatic hydroxyl groups excluding tert-OH is 2. The zero-order valence-electron chi connectivity index (χ0n) is 23.0. The molecular weight excluding hydrogens is 490 g/mol. The van der Waals surface area contributed by atoms with Crippen LogP contribution in [-0.4, -0.2) is 68.7 Å². The number of alkyl carbamates (subject to hydrolysis) is 1. The molecule has 0 aromatic rings. The van der Waals surface area contributed by atoms with Gasteiger partial charge in [0, 0.05) is 29.7 Å². The van der Waals surface area contributed by atoms with E-state index in [1.807, 2.05) is 13.0 Å². The molecule has 0 spiro atoms. The maximum atomic E-state index is 13.5. The molecule has 38 heavy (non-hydrogen) atoms. The monoisotopic (exact) mass is 531 g/mol. The molecule has 0 aliphatic heterocycles. The van der Waals surface area contributed by atoms with Gasteiger partial charge in [0.25, 0.3) is 0 Å². The Morgan fingerprint density at radius 1 is 1.21 bits per heavy atom. The molecule has 0 aromatic heterocycles. The van der Waals surface area contributed by atoms with Crippen molar-refractivity contribution in [3.8, 4) is 0 Å². The van der Waals surface area contributed by atoms with Crippen LogP contribution in [-0.2, 0) is 19.1 Å². The first kappa shape index (κ1) is 28.6. The van der Waals surface area contributed by atoms with Gasteiger partial charge in [-0.1, -0.05) is 25.5 Å².